The number of Topliss-reactive ketones (excluding diaryl/α,β-unsaturated/α-hetero) is 1. The first-order valence-corrected chi connectivity index (χ1v) is 8.61. The number of carboxylic acid groups (broad SMARTS) is 1. The second-order valence-corrected chi connectivity index (χ2v) is 6.44. The third kappa shape index (κ3) is 3.81. The van der Waals surface area contributed by atoms with Gasteiger partial charge < -0.3 is 15.1 Å². The molecule has 0 saturated carbocycles. The summed E-state index contributed by atoms with van der Waals surface area (Å²) in [6.07, 6.45) is 0. The van der Waals surface area contributed by atoms with Gasteiger partial charge in [-0.2, -0.15) is 0 Å². The molecule has 2 aromatic carbocycles. The number of aliphatic carboxylic acids is 1. The number of amides is 1. The molecule has 1 heterocycles. The van der Waals surface area contributed by atoms with Gasteiger partial charge in [0, 0.05) is 23.8 Å². The zero-order chi connectivity index (χ0) is 22.9. The smallest absolute Gasteiger partial charge is 0.323 e. The number of carbonyl (C=O) groups excluding carboxylic acids is 2. The minimum absolute atomic E-state index is 0.0671. The molecule has 0 spiro atoms. The molecular weight excluding hydrogens is 414 g/mol. The van der Waals surface area contributed by atoms with Crippen molar-refractivity contribution in [1.29, 1.82) is 0 Å². The molecule has 2 aromatic rings. The van der Waals surface area contributed by atoms with Crippen LogP contribution in [0.4, 0.5) is 11.4 Å². The quantitative estimate of drug-likeness (QED) is 0.229. The van der Waals surface area contributed by atoms with Gasteiger partial charge in [-0.3, -0.25) is 34.6 Å². The number of para-hydroxylation sites is 1. The maximum atomic E-state index is 12.7. The monoisotopic (exact) mass is 427 g/mol. The molecule has 12 heteroatoms. The minimum atomic E-state index is -1.55. The predicted octanol–water partition coefficient (Wildman–Crippen LogP) is 2.01. The van der Waals surface area contributed by atoms with Crippen LogP contribution in [0.5, 0.6) is 0 Å². The van der Waals surface area contributed by atoms with Gasteiger partial charge in [-0.25, -0.2) is 0 Å². The summed E-state index contributed by atoms with van der Waals surface area (Å²) < 4.78 is 0. The topological polar surface area (TPSA) is 181 Å². The summed E-state index contributed by atoms with van der Waals surface area (Å²) in [7, 11) is 0. The summed E-state index contributed by atoms with van der Waals surface area (Å²) in [5.74, 6) is -4.71. The van der Waals surface area contributed by atoms with Crippen LogP contribution in [0.3, 0.4) is 0 Å². The van der Waals surface area contributed by atoms with E-state index in [-0.39, 0.29) is 16.8 Å². The third-order valence-corrected chi connectivity index (χ3v) is 4.63. The molecule has 1 aliphatic rings. The van der Waals surface area contributed by atoms with E-state index in [4.69, 9.17) is 5.11 Å². The fourth-order valence-corrected chi connectivity index (χ4v) is 3.29. The molecule has 0 aromatic heterocycles. The van der Waals surface area contributed by atoms with Crippen molar-refractivity contribution in [3.63, 3.8) is 0 Å². The Bertz CT molecular complexity index is 1150. The average Bonchev–Trinajstić information content (AvgIpc) is 2.97. The van der Waals surface area contributed by atoms with E-state index < -0.39 is 57.1 Å². The van der Waals surface area contributed by atoms with Gasteiger partial charge in [0.25, 0.3) is 23.1 Å². The molecule has 0 unspecified atom stereocenters. The summed E-state index contributed by atoms with van der Waals surface area (Å²) in [6, 6.07) is 7.94. The number of rotatable bonds is 6. The number of ketones is 1. The van der Waals surface area contributed by atoms with Crippen LogP contribution >= 0.6 is 0 Å². The molecule has 31 heavy (non-hydrogen) atoms. The Labute approximate surface area is 172 Å². The van der Waals surface area contributed by atoms with E-state index in [2.05, 4.69) is 0 Å². The second kappa shape index (κ2) is 8.02. The number of carboxylic acids is 1. The lowest BCUT2D eigenvalue weighted by Gasteiger charge is -2.23. The molecule has 0 radical (unpaired) electrons. The van der Waals surface area contributed by atoms with Crippen LogP contribution in [0.25, 0.3) is 5.76 Å². The first-order valence-electron chi connectivity index (χ1n) is 8.61. The highest BCUT2D eigenvalue weighted by Crippen LogP contribution is 2.42. The number of non-ortho nitro benzene ring substituents is 1. The van der Waals surface area contributed by atoms with Crippen LogP contribution in [0.1, 0.15) is 17.2 Å². The maximum Gasteiger partial charge on any atom is 0.323 e. The lowest BCUT2D eigenvalue weighted by molar-refractivity contribution is -0.385. The highest BCUT2D eigenvalue weighted by Gasteiger charge is 2.48. The Hall–Kier alpha value is -4.61. The molecule has 1 aliphatic heterocycles. The number of nitro groups is 2. The third-order valence-electron chi connectivity index (χ3n) is 4.63. The minimum Gasteiger partial charge on any atom is -0.507 e. The first kappa shape index (κ1) is 21.1. The van der Waals surface area contributed by atoms with Crippen molar-refractivity contribution < 1.29 is 34.4 Å². The fraction of sp³-hybridized carbons (Fsp3) is 0.105. The SMILES string of the molecule is O=C(O)CN1C(=O)C(=O)C(=C(O)c2ccc([N+](=O)[O-])cc2)[C@@H]1c1ccccc1[N+](=O)[O-]. The van der Waals surface area contributed by atoms with Gasteiger partial charge in [-0.1, -0.05) is 12.1 Å². The van der Waals surface area contributed by atoms with E-state index in [1.165, 1.54) is 18.2 Å². The van der Waals surface area contributed by atoms with Crippen LogP contribution in [-0.2, 0) is 14.4 Å². The van der Waals surface area contributed by atoms with Gasteiger partial charge in [-0.15, -0.1) is 0 Å². The Balaban J connectivity index is 2.25. The molecule has 158 valence electrons. The average molecular weight is 427 g/mol. The highest BCUT2D eigenvalue weighted by molar-refractivity contribution is 6.47. The largest absolute Gasteiger partial charge is 0.507 e. The summed E-state index contributed by atoms with van der Waals surface area (Å²) >= 11 is 0. The van der Waals surface area contributed by atoms with Gasteiger partial charge >= 0.3 is 5.97 Å². The number of hydrogen-bond donors (Lipinski definition) is 2. The van der Waals surface area contributed by atoms with Crippen molar-refractivity contribution in [1.82, 2.24) is 4.90 Å². The van der Waals surface area contributed by atoms with E-state index in [1.54, 1.807) is 0 Å². The molecule has 0 aliphatic carbocycles. The number of aliphatic hydroxyl groups is 1. The van der Waals surface area contributed by atoms with Crippen molar-refractivity contribution in [2.45, 2.75) is 6.04 Å². The van der Waals surface area contributed by atoms with Crippen molar-refractivity contribution in [3.05, 3.63) is 85.5 Å². The Morgan fingerprint density at radius 2 is 1.58 bits per heavy atom. The van der Waals surface area contributed by atoms with E-state index in [0.29, 0.717) is 4.90 Å². The molecular formula is C19H13N3O9. The van der Waals surface area contributed by atoms with E-state index in [0.717, 1.165) is 30.3 Å². The highest BCUT2D eigenvalue weighted by atomic mass is 16.6. The number of aliphatic hydroxyl groups excluding tert-OH is 1. The lowest BCUT2D eigenvalue weighted by atomic mass is 9.94. The predicted molar refractivity (Wildman–Crippen MR) is 103 cm³/mol. The van der Waals surface area contributed by atoms with Gasteiger partial charge in [0.1, 0.15) is 12.3 Å². The molecule has 1 amide bonds. The van der Waals surface area contributed by atoms with Crippen LogP contribution in [0, 0.1) is 20.2 Å². The van der Waals surface area contributed by atoms with Gasteiger partial charge in [0.2, 0.25) is 0 Å². The van der Waals surface area contributed by atoms with Crippen LogP contribution < -0.4 is 0 Å². The second-order valence-electron chi connectivity index (χ2n) is 6.44. The number of likely N-dealkylation sites (tertiary alicyclic amines) is 1. The summed E-state index contributed by atoms with van der Waals surface area (Å²) in [5, 5.41) is 42.2. The molecule has 3 rings (SSSR count). The Kier molecular flexibility index (Phi) is 5.46. The van der Waals surface area contributed by atoms with Crippen molar-refractivity contribution in [3.8, 4) is 0 Å². The van der Waals surface area contributed by atoms with Crippen molar-refractivity contribution >= 4 is 34.8 Å². The van der Waals surface area contributed by atoms with Gasteiger partial charge in [0.15, 0.2) is 0 Å². The molecule has 2 N–H and O–H groups in total. The van der Waals surface area contributed by atoms with Crippen molar-refractivity contribution in [2.24, 2.45) is 0 Å². The normalized spacial score (nSPS) is 17.5. The van der Waals surface area contributed by atoms with Crippen molar-refractivity contribution in [2.75, 3.05) is 6.54 Å². The fourth-order valence-electron chi connectivity index (χ4n) is 3.29. The first-order chi connectivity index (χ1) is 14.6. The van der Waals surface area contributed by atoms with E-state index in [1.807, 2.05) is 0 Å². The number of nitro benzene ring substituents is 2. The van der Waals surface area contributed by atoms with Crippen LogP contribution in [0.2, 0.25) is 0 Å². The van der Waals surface area contributed by atoms with Crippen LogP contribution in [-0.4, -0.2) is 49.2 Å². The molecule has 12 nitrogen and oxygen atoms in total. The zero-order valence-corrected chi connectivity index (χ0v) is 15.5. The van der Waals surface area contributed by atoms with Gasteiger partial charge in [-0.05, 0) is 18.2 Å². The maximum absolute atomic E-state index is 12.7. The number of hydrogen-bond acceptors (Lipinski definition) is 8. The molecule has 1 saturated heterocycles. The van der Waals surface area contributed by atoms with Gasteiger partial charge in [0.05, 0.1) is 27.0 Å². The number of carbonyl (C=O) groups is 3. The summed E-state index contributed by atoms with van der Waals surface area (Å²) in [4.78, 5) is 57.9. The molecule has 1 atom stereocenters. The number of nitrogens with zero attached hydrogens (tertiary/aromatic N) is 3. The van der Waals surface area contributed by atoms with Crippen LogP contribution in [0.15, 0.2) is 54.1 Å². The zero-order valence-electron chi connectivity index (χ0n) is 15.5. The lowest BCUT2D eigenvalue weighted by Crippen LogP contribution is -2.34. The Morgan fingerprint density at radius 3 is 2.13 bits per heavy atom. The summed E-state index contributed by atoms with van der Waals surface area (Å²) in [6.45, 7) is -0.946. The number of benzene rings is 2. The Morgan fingerprint density at radius 1 is 0.968 bits per heavy atom. The molecule has 0 bridgehead atoms. The molecule has 1 fully saturated rings. The van der Waals surface area contributed by atoms with E-state index in [9.17, 15) is 39.7 Å². The van der Waals surface area contributed by atoms with E-state index >= 15 is 0 Å². The standard InChI is InChI=1S/C19H13N3O9/c23-14(24)9-20-16(12-3-1-2-4-13(12)22(30)31)15(18(26)19(20)27)17(25)10-5-7-11(8-6-10)21(28)29/h1-8,16,25H,9H2,(H,23,24)/t16-/m0/s1. The summed E-state index contributed by atoms with van der Waals surface area (Å²) in [5.41, 5.74) is -1.58.